The zero-order valence-corrected chi connectivity index (χ0v) is 25.4. The van der Waals surface area contributed by atoms with E-state index in [1.165, 1.54) is 20.0 Å². The maximum atomic E-state index is 13.5. The fraction of sp³-hybridized carbons (Fsp3) is 0.742. The Morgan fingerprint density at radius 3 is 2.49 bits per heavy atom. The van der Waals surface area contributed by atoms with Crippen molar-refractivity contribution in [3.05, 3.63) is 35.9 Å². The number of amides is 2. The van der Waals surface area contributed by atoms with Crippen LogP contribution in [0.25, 0.3) is 0 Å². The standard InChI is InChI=1S/C30H49N5O3.CH4O2/c1-29(2,3)34-28(38)25-16-30(31)14-8-7-11-23(30)19-35(25)20-26(36)24(15-21-9-5-4-6-10-21)33-27(37)18-32-17-22-12-13-22;1-3-2/h4-6,9-10,22-26,32,36H,7-8,11-20,31H2,1-3H3,(H,33,37)(H,34,38);2H,1H3/t23?,24?,25?,26?,30-;/m1./s1. The van der Waals surface area contributed by atoms with Crippen molar-refractivity contribution < 1.29 is 24.8 Å². The van der Waals surface area contributed by atoms with Gasteiger partial charge in [0.25, 0.3) is 0 Å². The fourth-order valence-electron chi connectivity index (χ4n) is 6.18. The van der Waals surface area contributed by atoms with E-state index < -0.39 is 18.2 Å². The number of carbonyl (C=O) groups is 2. The summed E-state index contributed by atoms with van der Waals surface area (Å²) in [5.74, 6) is 0.847. The number of aliphatic hydroxyl groups is 1. The first-order valence-electron chi connectivity index (χ1n) is 15.2. The summed E-state index contributed by atoms with van der Waals surface area (Å²) in [5, 5.41) is 28.1. The number of benzene rings is 1. The fourth-order valence-corrected chi connectivity index (χ4v) is 6.18. The molecule has 232 valence electrons. The van der Waals surface area contributed by atoms with Crippen LogP contribution < -0.4 is 21.7 Å². The number of nitrogens with zero attached hydrogens (tertiary/aromatic N) is 1. The zero-order valence-electron chi connectivity index (χ0n) is 25.4. The van der Waals surface area contributed by atoms with Crippen LogP contribution in [0.3, 0.4) is 0 Å². The number of rotatable bonds is 11. The number of aliphatic hydroxyl groups excluding tert-OH is 1. The van der Waals surface area contributed by atoms with Crippen molar-refractivity contribution in [2.75, 3.05) is 33.3 Å². The highest BCUT2D eigenvalue weighted by Gasteiger charge is 2.48. The van der Waals surface area contributed by atoms with E-state index in [9.17, 15) is 14.7 Å². The molecule has 0 aromatic heterocycles. The number of carbonyl (C=O) groups excluding carboxylic acids is 2. The third-order valence-electron chi connectivity index (χ3n) is 8.47. The minimum atomic E-state index is -0.832. The molecule has 1 heterocycles. The number of β-amino-alcohol motifs (C(OH)–C–C–N with tert-alkyl or cyclic N) is 1. The van der Waals surface area contributed by atoms with Gasteiger partial charge in [0.1, 0.15) is 0 Å². The van der Waals surface area contributed by atoms with E-state index in [1.807, 2.05) is 51.1 Å². The maximum absolute atomic E-state index is 13.5. The van der Waals surface area contributed by atoms with E-state index in [2.05, 4.69) is 25.7 Å². The highest BCUT2D eigenvalue weighted by atomic mass is 17.1. The third kappa shape index (κ3) is 10.9. The molecule has 10 heteroatoms. The van der Waals surface area contributed by atoms with Gasteiger partial charge in [-0.25, -0.2) is 4.89 Å². The molecule has 1 saturated heterocycles. The lowest BCUT2D eigenvalue weighted by molar-refractivity contribution is -0.214. The van der Waals surface area contributed by atoms with E-state index in [1.54, 1.807) is 0 Å². The summed E-state index contributed by atoms with van der Waals surface area (Å²) in [7, 11) is 1.18. The Bertz CT molecular complexity index is 954. The molecular formula is C31H53N5O5. The number of hydrogen-bond donors (Lipinski definition) is 6. The highest BCUT2D eigenvalue weighted by molar-refractivity contribution is 5.82. The zero-order chi connectivity index (χ0) is 30.0. The van der Waals surface area contributed by atoms with Crippen molar-refractivity contribution in [3.8, 4) is 0 Å². The average molecular weight is 576 g/mol. The summed E-state index contributed by atoms with van der Waals surface area (Å²) < 4.78 is 0. The van der Waals surface area contributed by atoms with E-state index in [4.69, 9.17) is 11.0 Å². The van der Waals surface area contributed by atoms with Crippen LogP contribution in [0.2, 0.25) is 0 Å². The van der Waals surface area contributed by atoms with Gasteiger partial charge < -0.3 is 26.8 Å². The van der Waals surface area contributed by atoms with Crippen molar-refractivity contribution in [3.63, 3.8) is 0 Å². The van der Waals surface area contributed by atoms with Crippen LogP contribution in [0.15, 0.2) is 30.3 Å². The second-order valence-corrected chi connectivity index (χ2v) is 13.3. The summed E-state index contributed by atoms with van der Waals surface area (Å²) >= 11 is 0. The smallest absolute Gasteiger partial charge is 0.237 e. The minimum Gasteiger partial charge on any atom is -0.390 e. The lowest BCUT2D eigenvalue weighted by Crippen LogP contribution is -2.67. The molecule has 3 aliphatic rings. The van der Waals surface area contributed by atoms with E-state index >= 15 is 0 Å². The number of fused-ring (bicyclic) bond motifs is 1. The number of hydrogen-bond acceptors (Lipinski definition) is 8. The van der Waals surface area contributed by atoms with Crippen LogP contribution in [-0.4, -0.2) is 89.6 Å². The molecule has 4 rings (SSSR count). The largest absolute Gasteiger partial charge is 0.390 e. The summed E-state index contributed by atoms with van der Waals surface area (Å²) in [5.41, 5.74) is 7.27. The lowest BCUT2D eigenvalue weighted by atomic mass is 9.67. The molecule has 10 nitrogen and oxygen atoms in total. The van der Waals surface area contributed by atoms with Crippen LogP contribution in [0.4, 0.5) is 0 Å². The molecule has 3 fully saturated rings. The first kappa shape index (κ1) is 33.4. The van der Waals surface area contributed by atoms with Crippen molar-refractivity contribution in [2.45, 2.75) is 101 Å². The van der Waals surface area contributed by atoms with Crippen LogP contribution in [-0.2, 0) is 20.9 Å². The Hall–Kier alpha value is -2.08. The second-order valence-electron chi connectivity index (χ2n) is 13.3. The van der Waals surface area contributed by atoms with Gasteiger partial charge in [-0.05, 0) is 83.2 Å². The van der Waals surface area contributed by atoms with Gasteiger partial charge in [0.15, 0.2) is 0 Å². The molecule has 5 atom stereocenters. The van der Waals surface area contributed by atoms with E-state index in [0.29, 0.717) is 37.8 Å². The predicted octanol–water partition coefficient (Wildman–Crippen LogP) is 2.06. The molecule has 0 radical (unpaired) electrons. The third-order valence-corrected chi connectivity index (χ3v) is 8.47. The Kier molecular flexibility index (Phi) is 12.6. The molecule has 7 N–H and O–H groups in total. The number of nitrogens with one attached hydrogen (secondary N) is 3. The summed E-state index contributed by atoms with van der Waals surface area (Å²) in [6, 6.07) is 9.07. The Balaban J connectivity index is 0.00000147. The molecule has 1 aromatic rings. The van der Waals surface area contributed by atoms with Crippen molar-refractivity contribution in [1.82, 2.24) is 20.9 Å². The molecular weight excluding hydrogens is 522 g/mol. The predicted molar refractivity (Wildman–Crippen MR) is 160 cm³/mol. The lowest BCUT2D eigenvalue weighted by Gasteiger charge is -2.52. The normalized spacial score (nSPS) is 26.1. The summed E-state index contributed by atoms with van der Waals surface area (Å²) in [4.78, 5) is 31.7. The maximum Gasteiger partial charge on any atom is 0.237 e. The van der Waals surface area contributed by atoms with Crippen LogP contribution >= 0.6 is 0 Å². The molecule has 2 aliphatic carbocycles. The minimum absolute atomic E-state index is 0.0357. The Labute approximate surface area is 245 Å². The SMILES string of the molecule is CC(C)(C)NC(=O)C1C[C@]2(N)CCCCC2CN1CC(O)C(Cc1ccccc1)NC(=O)CNCC1CC1.COO. The van der Waals surface area contributed by atoms with Gasteiger partial charge >= 0.3 is 0 Å². The van der Waals surface area contributed by atoms with Crippen molar-refractivity contribution in [2.24, 2.45) is 17.6 Å². The van der Waals surface area contributed by atoms with Gasteiger partial charge in [-0.2, -0.15) is 0 Å². The molecule has 4 unspecified atom stereocenters. The molecule has 0 bridgehead atoms. The Morgan fingerprint density at radius 2 is 1.85 bits per heavy atom. The summed E-state index contributed by atoms with van der Waals surface area (Å²) in [6.07, 6.45) is 6.98. The van der Waals surface area contributed by atoms with Gasteiger partial charge in [-0.15, -0.1) is 0 Å². The summed E-state index contributed by atoms with van der Waals surface area (Å²) in [6.45, 7) is 8.05. The van der Waals surface area contributed by atoms with Gasteiger partial charge in [-0.3, -0.25) is 19.7 Å². The molecule has 41 heavy (non-hydrogen) atoms. The average Bonchev–Trinajstić information content (AvgIpc) is 3.72. The van der Waals surface area contributed by atoms with E-state index in [-0.39, 0.29) is 29.4 Å². The first-order chi connectivity index (χ1) is 19.4. The number of piperidine rings is 1. The molecule has 1 aliphatic heterocycles. The van der Waals surface area contributed by atoms with E-state index in [0.717, 1.165) is 37.8 Å². The first-order valence-corrected chi connectivity index (χ1v) is 15.2. The van der Waals surface area contributed by atoms with Gasteiger partial charge in [0.2, 0.25) is 11.8 Å². The van der Waals surface area contributed by atoms with Crippen LogP contribution in [0.5, 0.6) is 0 Å². The highest BCUT2D eigenvalue weighted by Crippen LogP contribution is 2.40. The van der Waals surface area contributed by atoms with Crippen LogP contribution in [0, 0.1) is 11.8 Å². The molecule has 1 aromatic carbocycles. The molecule has 2 saturated carbocycles. The monoisotopic (exact) mass is 575 g/mol. The van der Waals surface area contributed by atoms with Crippen LogP contribution in [0.1, 0.15) is 71.3 Å². The van der Waals surface area contributed by atoms with Gasteiger partial charge in [0.05, 0.1) is 31.8 Å². The van der Waals surface area contributed by atoms with Crippen molar-refractivity contribution >= 4 is 11.8 Å². The quantitative estimate of drug-likeness (QED) is 0.173. The Morgan fingerprint density at radius 1 is 1.17 bits per heavy atom. The second kappa shape index (κ2) is 15.4. The molecule has 0 spiro atoms. The molecule has 2 amide bonds. The number of nitrogens with two attached hydrogens (primary N) is 1. The van der Waals surface area contributed by atoms with Crippen molar-refractivity contribution in [1.29, 1.82) is 0 Å². The van der Waals surface area contributed by atoms with Gasteiger partial charge in [0, 0.05) is 24.2 Å². The topological polar surface area (TPSA) is 149 Å². The van der Waals surface area contributed by atoms with Gasteiger partial charge in [-0.1, -0.05) is 43.2 Å². The number of likely N-dealkylation sites (tertiary alicyclic amines) is 1.